The molecule has 0 amide bonds. The van der Waals surface area contributed by atoms with Gasteiger partial charge in [-0.1, -0.05) is 83.2 Å². The van der Waals surface area contributed by atoms with Crippen LogP contribution in [0.25, 0.3) is 0 Å². The van der Waals surface area contributed by atoms with Gasteiger partial charge in [-0.15, -0.1) is 0 Å². The van der Waals surface area contributed by atoms with Crippen LogP contribution < -0.4 is 4.74 Å². The van der Waals surface area contributed by atoms with Crippen molar-refractivity contribution in [2.45, 2.75) is 71.3 Å². The Labute approximate surface area is 201 Å². The van der Waals surface area contributed by atoms with Crippen LogP contribution in [-0.4, -0.2) is 29.8 Å². The van der Waals surface area contributed by atoms with Crippen LogP contribution in [0, 0.1) is 11.8 Å². The fourth-order valence-electron chi connectivity index (χ4n) is 3.52. The second-order valence-corrected chi connectivity index (χ2v) is 8.69. The Morgan fingerprint density at radius 3 is 2.35 bits per heavy atom. The van der Waals surface area contributed by atoms with Gasteiger partial charge in [0.2, 0.25) is 0 Å². The molecule has 1 aromatic rings. The summed E-state index contributed by atoms with van der Waals surface area (Å²) in [4.78, 5) is 36.5. The summed E-state index contributed by atoms with van der Waals surface area (Å²) < 4.78 is 16.6. The van der Waals surface area contributed by atoms with Crippen molar-refractivity contribution in [2.24, 2.45) is 11.8 Å². The molecule has 1 unspecified atom stereocenters. The molecule has 0 fully saturated rings. The first-order valence-corrected chi connectivity index (χ1v) is 12.1. The van der Waals surface area contributed by atoms with Crippen molar-refractivity contribution in [2.75, 3.05) is 6.61 Å². The monoisotopic (exact) mass is 472 g/mol. The van der Waals surface area contributed by atoms with Crippen LogP contribution in [0.5, 0.6) is 5.75 Å². The molecule has 0 aromatic heterocycles. The fraction of sp³-hybridized carbons (Fsp3) is 0.519. The highest BCUT2D eigenvalue weighted by atomic mass is 16.7. The van der Waals surface area contributed by atoms with Crippen molar-refractivity contribution < 1.29 is 33.7 Å². The van der Waals surface area contributed by atoms with E-state index in [2.05, 4.69) is 6.92 Å². The van der Waals surface area contributed by atoms with Gasteiger partial charge >= 0.3 is 18.1 Å². The largest absolute Gasteiger partial charge is 0.513 e. The van der Waals surface area contributed by atoms with E-state index in [0.29, 0.717) is 12.0 Å². The van der Waals surface area contributed by atoms with Gasteiger partial charge in [0, 0.05) is 12.0 Å². The highest BCUT2D eigenvalue weighted by Crippen LogP contribution is 2.39. The number of hydrogen-bond acceptors (Lipinski definition) is 6. The maximum Gasteiger partial charge on any atom is 0.513 e. The lowest BCUT2D eigenvalue weighted by molar-refractivity contribution is -0.152. The minimum atomic E-state index is -1.39. The molecular weight excluding hydrogens is 436 g/mol. The van der Waals surface area contributed by atoms with E-state index in [1.807, 2.05) is 13.8 Å². The van der Waals surface area contributed by atoms with E-state index in [1.54, 1.807) is 24.3 Å². The Balaban J connectivity index is 2.24. The van der Waals surface area contributed by atoms with Crippen LogP contribution in [0.3, 0.4) is 0 Å². The standard InChI is InChI=1S/C27H36O7/c1-4-6-7-8-9-14-24(28)34-27(17-15-21(16-18-27)25(29)30)22-12-10-11-13-23(22)33-26(31)32-19-20(3)5-2/h10-13,15-18,20-21H,4-9,14,19H2,1-3H3,(H,29,30). The van der Waals surface area contributed by atoms with Gasteiger partial charge in [-0.25, -0.2) is 4.79 Å². The van der Waals surface area contributed by atoms with Gasteiger partial charge in [-0.2, -0.15) is 0 Å². The molecule has 1 atom stereocenters. The number of para-hydroxylation sites is 1. The van der Waals surface area contributed by atoms with Gasteiger partial charge in [0.05, 0.1) is 12.5 Å². The quantitative estimate of drug-likeness (QED) is 0.158. The minimum absolute atomic E-state index is 0.176. The molecule has 0 aliphatic heterocycles. The van der Waals surface area contributed by atoms with Gasteiger partial charge in [0.25, 0.3) is 0 Å². The number of esters is 1. The third-order valence-corrected chi connectivity index (χ3v) is 5.84. The molecule has 1 aliphatic rings. The summed E-state index contributed by atoms with van der Waals surface area (Å²) in [6.07, 6.45) is 11.2. The van der Waals surface area contributed by atoms with Gasteiger partial charge in [0.1, 0.15) is 5.75 Å². The van der Waals surface area contributed by atoms with Crippen molar-refractivity contribution in [3.8, 4) is 5.75 Å². The van der Waals surface area contributed by atoms with E-state index < -0.39 is 29.6 Å². The molecule has 1 aliphatic carbocycles. The van der Waals surface area contributed by atoms with Gasteiger partial charge in [0.15, 0.2) is 5.60 Å². The second kappa shape index (κ2) is 13.6. The highest BCUT2D eigenvalue weighted by molar-refractivity contribution is 5.76. The highest BCUT2D eigenvalue weighted by Gasteiger charge is 2.37. The number of hydrogen-bond donors (Lipinski definition) is 1. The lowest BCUT2D eigenvalue weighted by Gasteiger charge is -2.32. The molecule has 1 N–H and O–H groups in total. The Morgan fingerprint density at radius 2 is 1.71 bits per heavy atom. The average Bonchev–Trinajstić information content (AvgIpc) is 2.83. The van der Waals surface area contributed by atoms with Crippen molar-refractivity contribution in [1.82, 2.24) is 0 Å². The normalized spacial score (nSPS) is 19.9. The van der Waals surface area contributed by atoms with E-state index >= 15 is 0 Å². The Bertz CT molecular complexity index is 873. The summed E-state index contributed by atoms with van der Waals surface area (Å²) >= 11 is 0. The summed E-state index contributed by atoms with van der Waals surface area (Å²) in [6.45, 7) is 6.33. The number of carboxylic acids is 1. The van der Waals surface area contributed by atoms with E-state index in [1.165, 1.54) is 24.3 Å². The molecule has 2 rings (SSSR count). The van der Waals surface area contributed by atoms with Crippen LogP contribution in [0.15, 0.2) is 48.6 Å². The molecule has 34 heavy (non-hydrogen) atoms. The number of carboxylic acid groups (broad SMARTS) is 1. The number of carbonyl (C=O) groups excluding carboxylic acids is 2. The van der Waals surface area contributed by atoms with Crippen molar-refractivity contribution in [3.05, 3.63) is 54.1 Å². The van der Waals surface area contributed by atoms with Crippen LogP contribution in [0.4, 0.5) is 4.79 Å². The summed E-state index contributed by atoms with van der Waals surface area (Å²) in [5.41, 5.74) is -0.980. The van der Waals surface area contributed by atoms with Gasteiger partial charge in [-0.3, -0.25) is 9.59 Å². The molecule has 0 saturated heterocycles. The lowest BCUT2D eigenvalue weighted by atomic mass is 9.85. The second-order valence-electron chi connectivity index (χ2n) is 8.69. The van der Waals surface area contributed by atoms with Crippen LogP contribution >= 0.6 is 0 Å². The molecule has 0 radical (unpaired) electrons. The molecule has 0 saturated carbocycles. The summed E-state index contributed by atoms with van der Waals surface area (Å²) in [6, 6.07) is 6.70. The number of ether oxygens (including phenoxy) is 3. The minimum Gasteiger partial charge on any atom is -0.481 e. The number of unbranched alkanes of at least 4 members (excludes halogenated alkanes) is 4. The number of carbonyl (C=O) groups is 3. The van der Waals surface area contributed by atoms with Crippen molar-refractivity contribution in [3.63, 3.8) is 0 Å². The number of rotatable bonds is 13. The first-order valence-electron chi connectivity index (χ1n) is 12.1. The van der Waals surface area contributed by atoms with Crippen LogP contribution in [0.1, 0.15) is 71.3 Å². The fourth-order valence-corrected chi connectivity index (χ4v) is 3.52. The van der Waals surface area contributed by atoms with Crippen molar-refractivity contribution in [1.29, 1.82) is 0 Å². The molecule has 0 bridgehead atoms. The molecule has 0 heterocycles. The molecule has 0 spiro atoms. The summed E-state index contributed by atoms with van der Waals surface area (Å²) in [5, 5.41) is 9.35. The maximum absolute atomic E-state index is 12.7. The van der Waals surface area contributed by atoms with Crippen LogP contribution in [0.2, 0.25) is 0 Å². The zero-order chi connectivity index (χ0) is 25.0. The van der Waals surface area contributed by atoms with E-state index in [9.17, 15) is 19.5 Å². The number of benzene rings is 1. The van der Waals surface area contributed by atoms with Crippen molar-refractivity contribution >= 4 is 18.1 Å². The predicted molar refractivity (Wildman–Crippen MR) is 128 cm³/mol. The molecule has 7 heteroatoms. The first-order chi connectivity index (χ1) is 16.3. The average molecular weight is 473 g/mol. The zero-order valence-corrected chi connectivity index (χ0v) is 20.3. The Kier molecular flexibility index (Phi) is 10.8. The van der Waals surface area contributed by atoms with Gasteiger partial charge in [-0.05, 0) is 30.6 Å². The smallest absolute Gasteiger partial charge is 0.481 e. The Morgan fingerprint density at radius 1 is 1.03 bits per heavy atom. The lowest BCUT2D eigenvalue weighted by Crippen LogP contribution is -2.32. The third-order valence-electron chi connectivity index (χ3n) is 5.84. The predicted octanol–water partition coefficient (Wildman–Crippen LogP) is 6.17. The first kappa shape index (κ1) is 27.2. The van der Waals surface area contributed by atoms with Gasteiger partial charge < -0.3 is 19.3 Å². The molecule has 1 aromatic carbocycles. The zero-order valence-electron chi connectivity index (χ0n) is 20.3. The number of aliphatic carboxylic acids is 1. The van der Waals surface area contributed by atoms with E-state index in [0.717, 1.165) is 32.1 Å². The maximum atomic E-state index is 12.7. The Hall–Kier alpha value is -3.09. The van der Waals surface area contributed by atoms with Crippen LogP contribution in [-0.2, 0) is 24.7 Å². The SMILES string of the molecule is CCCCCCCC(=O)OC1(c2ccccc2OC(=O)OCC(C)CC)C=CC(C(=O)O)C=C1. The summed E-state index contributed by atoms with van der Waals surface area (Å²) in [7, 11) is 0. The third kappa shape index (κ3) is 8.04. The molecule has 7 nitrogen and oxygen atoms in total. The summed E-state index contributed by atoms with van der Waals surface area (Å²) in [5.74, 6) is -1.88. The van der Waals surface area contributed by atoms with E-state index in [-0.39, 0.29) is 24.7 Å². The molecule has 186 valence electrons. The topological polar surface area (TPSA) is 99.1 Å². The van der Waals surface area contributed by atoms with E-state index in [4.69, 9.17) is 14.2 Å². The molecular formula is C27H36O7.